The van der Waals surface area contributed by atoms with Gasteiger partial charge in [-0.2, -0.15) is 0 Å². The van der Waals surface area contributed by atoms with E-state index in [9.17, 15) is 9.59 Å². The number of benzene rings is 2. The molecular weight excluding hydrogens is 448 g/mol. The summed E-state index contributed by atoms with van der Waals surface area (Å²) in [6.07, 6.45) is 6.50. The lowest BCUT2D eigenvalue weighted by Gasteiger charge is -2.30. The summed E-state index contributed by atoms with van der Waals surface area (Å²) < 4.78 is 0. The fraction of sp³-hybridized carbons (Fsp3) is 0.433. The van der Waals surface area contributed by atoms with Crippen molar-refractivity contribution < 1.29 is 9.59 Å². The number of rotatable bonds is 9. The van der Waals surface area contributed by atoms with Gasteiger partial charge in [-0.05, 0) is 37.4 Å². The Kier molecular flexibility index (Phi) is 7.61. The number of carbonyl (C=O) groups excluding carboxylic acids is 2. The van der Waals surface area contributed by atoms with Crippen LogP contribution in [-0.4, -0.2) is 52.3 Å². The van der Waals surface area contributed by atoms with Gasteiger partial charge in [0.2, 0.25) is 0 Å². The summed E-state index contributed by atoms with van der Waals surface area (Å²) in [5, 5.41) is 3.98. The first-order chi connectivity index (χ1) is 17.7. The monoisotopic (exact) mass is 484 g/mol. The largest absolute Gasteiger partial charge is 0.352 e. The Bertz CT molecular complexity index is 1220. The van der Waals surface area contributed by atoms with Gasteiger partial charge in [0.15, 0.2) is 0 Å². The molecule has 1 saturated carbocycles. The summed E-state index contributed by atoms with van der Waals surface area (Å²) in [4.78, 5) is 36.0. The molecule has 0 unspecified atom stereocenters. The molecule has 2 aliphatic rings. The molecule has 188 valence electrons. The molecule has 1 aliphatic heterocycles. The SMILES string of the molecule is CCN(CCCNC(=O)c1c2c(nc3ccccc13)C(=O)N(C1CCCCC1)C2)Cc1ccccc1. The van der Waals surface area contributed by atoms with E-state index in [0.29, 0.717) is 29.9 Å². The molecule has 1 aliphatic carbocycles. The van der Waals surface area contributed by atoms with Crippen molar-refractivity contribution in [1.82, 2.24) is 20.1 Å². The van der Waals surface area contributed by atoms with Gasteiger partial charge < -0.3 is 10.2 Å². The van der Waals surface area contributed by atoms with E-state index in [0.717, 1.165) is 62.7 Å². The van der Waals surface area contributed by atoms with Crippen molar-refractivity contribution in [1.29, 1.82) is 0 Å². The van der Waals surface area contributed by atoms with Crippen molar-refractivity contribution in [3.05, 3.63) is 77.0 Å². The van der Waals surface area contributed by atoms with E-state index in [4.69, 9.17) is 4.98 Å². The number of amides is 2. The molecule has 1 aromatic heterocycles. The van der Waals surface area contributed by atoms with Gasteiger partial charge in [0.25, 0.3) is 11.8 Å². The van der Waals surface area contributed by atoms with E-state index in [1.54, 1.807) is 0 Å². The molecule has 1 N–H and O–H groups in total. The highest BCUT2D eigenvalue weighted by Crippen LogP contribution is 2.34. The normalized spacial score (nSPS) is 16.1. The fourth-order valence-electron chi connectivity index (χ4n) is 5.69. The summed E-state index contributed by atoms with van der Waals surface area (Å²) in [7, 11) is 0. The van der Waals surface area contributed by atoms with Crippen molar-refractivity contribution in [2.45, 2.75) is 64.6 Å². The van der Waals surface area contributed by atoms with Crippen molar-refractivity contribution >= 4 is 22.7 Å². The number of nitrogens with zero attached hydrogens (tertiary/aromatic N) is 3. The Morgan fingerprint density at radius 1 is 1.06 bits per heavy atom. The second-order valence-corrected chi connectivity index (χ2v) is 10.0. The molecule has 0 atom stereocenters. The maximum atomic E-state index is 13.5. The Labute approximate surface area is 213 Å². The summed E-state index contributed by atoms with van der Waals surface area (Å²) in [6, 6.07) is 18.4. The van der Waals surface area contributed by atoms with Crippen LogP contribution < -0.4 is 5.32 Å². The quantitative estimate of drug-likeness (QED) is 0.426. The molecule has 36 heavy (non-hydrogen) atoms. The number of hydrogen-bond donors (Lipinski definition) is 1. The molecule has 6 nitrogen and oxygen atoms in total. The van der Waals surface area contributed by atoms with Crippen LogP contribution in [0.4, 0.5) is 0 Å². The molecule has 0 spiro atoms. The van der Waals surface area contributed by atoms with E-state index in [-0.39, 0.29) is 17.9 Å². The maximum Gasteiger partial charge on any atom is 0.273 e. The van der Waals surface area contributed by atoms with Crippen LogP contribution in [-0.2, 0) is 13.1 Å². The molecule has 6 heteroatoms. The minimum absolute atomic E-state index is 0.0174. The van der Waals surface area contributed by atoms with Crippen molar-refractivity contribution in [3.63, 3.8) is 0 Å². The highest BCUT2D eigenvalue weighted by molar-refractivity contribution is 6.11. The summed E-state index contributed by atoms with van der Waals surface area (Å²) in [5.41, 5.74) is 3.89. The number of pyridine rings is 1. The molecule has 2 amide bonds. The van der Waals surface area contributed by atoms with Crippen LogP contribution in [0, 0.1) is 0 Å². The van der Waals surface area contributed by atoms with Crippen molar-refractivity contribution in [3.8, 4) is 0 Å². The van der Waals surface area contributed by atoms with Gasteiger partial charge in [-0.25, -0.2) is 4.98 Å². The van der Waals surface area contributed by atoms with Crippen LogP contribution >= 0.6 is 0 Å². The van der Waals surface area contributed by atoms with Crippen LogP contribution in [0.1, 0.15) is 77.4 Å². The number of nitrogens with one attached hydrogen (secondary N) is 1. The first-order valence-corrected chi connectivity index (χ1v) is 13.4. The molecule has 0 saturated heterocycles. The molecule has 0 radical (unpaired) electrons. The fourth-order valence-corrected chi connectivity index (χ4v) is 5.69. The molecule has 1 fully saturated rings. The zero-order valence-corrected chi connectivity index (χ0v) is 21.2. The smallest absolute Gasteiger partial charge is 0.273 e. The van der Waals surface area contributed by atoms with E-state index >= 15 is 0 Å². The zero-order chi connectivity index (χ0) is 24.9. The highest BCUT2D eigenvalue weighted by atomic mass is 16.2. The lowest BCUT2D eigenvalue weighted by Crippen LogP contribution is -2.37. The molecule has 0 bridgehead atoms. The lowest BCUT2D eigenvalue weighted by molar-refractivity contribution is 0.0655. The topological polar surface area (TPSA) is 65.5 Å². The van der Waals surface area contributed by atoms with E-state index < -0.39 is 0 Å². The zero-order valence-electron chi connectivity index (χ0n) is 21.2. The van der Waals surface area contributed by atoms with Gasteiger partial charge in [-0.15, -0.1) is 0 Å². The second kappa shape index (κ2) is 11.2. The Morgan fingerprint density at radius 2 is 1.81 bits per heavy atom. The van der Waals surface area contributed by atoms with Crippen LogP contribution in [0.3, 0.4) is 0 Å². The minimum Gasteiger partial charge on any atom is -0.352 e. The first-order valence-electron chi connectivity index (χ1n) is 13.4. The summed E-state index contributed by atoms with van der Waals surface area (Å²) in [6.45, 7) is 6.03. The van der Waals surface area contributed by atoms with Gasteiger partial charge in [0.1, 0.15) is 5.69 Å². The van der Waals surface area contributed by atoms with Gasteiger partial charge in [-0.1, -0.05) is 74.7 Å². The number of para-hydroxylation sites is 1. The van der Waals surface area contributed by atoms with E-state index in [2.05, 4.69) is 41.4 Å². The standard InChI is InChI=1S/C30H36N4O2/c1-2-33(20-22-12-5-3-6-13-22)19-11-18-31-29(35)27-24-16-9-10-17-26(24)32-28-25(27)21-34(30(28)36)23-14-7-4-8-15-23/h3,5-6,9-10,12-13,16-17,23H,2,4,7-8,11,14-15,18-21H2,1H3,(H,31,35). The Balaban J connectivity index is 1.29. The summed E-state index contributed by atoms with van der Waals surface area (Å²) in [5.74, 6) is -0.120. The minimum atomic E-state index is -0.103. The Morgan fingerprint density at radius 3 is 2.58 bits per heavy atom. The van der Waals surface area contributed by atoms with Crippen molar-refractivity contribution in [2.75, 3.05) is 19.6 Å². The molecular formula is C30H36N4O2. The predicted octanol–water partition coefficient (Wildman–Crippen LogP) is 5.17. The number of aromatic nitrogens is 1. The third-order valence-electron chi connectivity index (χ3n) is 7.66. The predicted molar refractivity (Wildman–Crippen MR) is 143 cm³/mol. The van der Waals surface area contributed by atoms with Crippen LogP contribution in [0.25, 0.3) is 10.9 Å². The third-order valence-corrected chi connectivity index (χ3v) is 7.66. The van der Waals surface area contributed by atoms with Crippen LogP contribution in [0.5, 0.6) is 0 Å². The average Bonchev–Trinajstić information content (AvgIpc) is 3.25. The maximum absolute atomic E-state index is 13.5. The number of carbonyl (C=O) groups is 2. The van der Waals surface area contributed by atoms with Crippen LogP contribution in [0.15, 0.2) is 54.6 Å². The third kappa shape index (κ3) is 5.14. The van der Waals surface area contributed by atoms with Gasteiger partial charge in [-0.3, -0.25) is 14.5 Å². The summed E-state index contributed by atoms with van der Waals surface area (Å²) >= 11 is 0. The lowest BCUT2D eigenvalue weighted by atomic mass is 9.94. The number of fused-ring (bicyclic) bond motifs is 2. The molecule has 3 aromatic rings. The molecule has 2 heterocycles. The molecule has 5 rings (SSSR count). The van der Waals surface area contributed by atoms with E-state index in [1.165, 1.54) is 12.0 Å². The average molecular weight is 485 g/mol. The van der Waals surface area contributed by atoms with Gasteiger partial charge in [0.05, 0.1) is 11.1 Å². The number of hydrogen-bond acceptors (Lipinski definition) is 4. The highest BCUT2D eigenvalue weighted by Gasteiger charge is 2.37. The van der Waals surface area contributed by atoms with Gasteiger partial charge in [0, 0.05) is 43.2 Å². The van der Waals surface area contributed by atoms with Crippen LogP contribution in [0.2, 0.25) is 0 Å². The van der Waals surface area contributed by atoms with Crippen molar-refractivity contribution in [2.24, 2.45) is 0 Å². The second-order valence-electron chi connectivity index (χ2n) is 10.0. The Hall–Kier alpha value is -3.25. The van der Waals surface area contributed by atoms with E-state index in [1.807, 2.05) is 35.2 Å². The first kappa shape index (κ1) is 24.4. The van der Waals surface area contributed by atoms with Gasteiger partial charge >= 0.3 is 0 Å². The molecule has 2 aromatic carbocycles.